The number of carbonyl (C=O) groups is 1. The summed E-state index contributed by atoms with van der Waals surface area (Å²) in [5.41, 5.74) is 1.52. The van der Waals surface area contributed by atoms with Gasteiger partial charge in [0.05, 0.1) is 25.7 Å². The van der Waals surface area contributed by atoms with Crippen molar-refractivity contribution in [3.8, 4) is 17.2 Å². The number of carbonyl (C=O) groups excluding carboxylic acids is 1. The van der Waals surface area contributed by atoms with Crippen LogP contribution < -0.4 is 25.1 Å². The molecule has 174 valence electrons. The lowest BCUT2D eigenvalue weighted by Gasteiger charge is -2.23. The zero-order valence-electron chi connectivity index (χ0n) is 18.5. The van der Waals surface area contributed by atoms with Crippen LogP contribution in [-0.2, 0) is 13.1 Å². The first-order valence-corrected chi connectivity index (χ1v) is 11.6. The molecule has 1 aliphatic rings. The molecule has 0 bridgehead atoms. The van der Waals surface area contributed by atoms with E-state index >= 15 is 0 Å². The number of nitrogens with zero attached hydrogens (tertiary/aromatic N) is 1. The first-order valence-electron chi connectivity index (χ1n) is 10.8. The number of rotatable bonds is 6. The van der Waals surface area contributed by atoms with E-state index in [-0.39, 0.29) is 18.1 Å². The minimum atomic E-state index is -0.305. The van der Waals surface area contributed by atoms with Crippen molar-refractivity contribution in [1.29, 1.82) is 0 Å². The van der Waals surface area contributed by atoms with Crippen molar-refractivity contribution in [3.63, 3.8) is 0 Å². The number of urea groups is 1. The van der Waals surface area contributed by atoms with Crippen molar-refractivity contribution in [2.45, 2.75) is 13.1 Å². The number of methoxy groups -OCH3 is 1. The smallest absolute Gasteiger partial charge is 0.322 e. The van der Waals surface area contributed by atoms with Gasteiger partial charge >= 0.3 is 6.03 Å². The van der Waals surface area contributed by atoms with E-state index in [1.165, 1.54) is 0 Å². The van der Waals surface area contributed by atoms with Crippen molar-refractivity contribution in [2.75, 3.05) is 25.6 Å². The molecule has 9 heteroatoms. The highest BCUT2D eigenvalue weighted by Gasteiger charge is 2.19. The van der Waals surface area contributed by atoms with Crippen LogP contribution in [0, 0.1) is 0 Å². The number of aromatic nitrogens is 1. The molecule has 4 aromatic rings. The summed E-state index contributed by atoms with van der Waals surface area (Å²) in [7, 11) is 1.59. The quantitative estimate of drug-likeness (QED) is 0.423. The molecule has 0 fully saturated rings. The van der Waals surface area contributed by atoms with Crippen molar-refractivity contribution >= 4 is 34.0 Å². The number of benzene rings is 2. The van der Waals surface area contributed by atoms with Crippen molar-refractivity contribution in [3.05, 3.63) is 80.8 Å². The van der Waals surface area contributed by atoms with E-state index in [1.807, 2.05) is 23.6 Å². The van der Waals surface area contributed by atoms with E-state index in [1.54, 1.807) is 59.7 Å². The summed E-state index contributed by atoms with van der Waals surface area (Å²) >= 11 is 1.56. The van der Waals surface area contributed by atoms with Gasteiger partial charge in [-0.2, -0.15) is 0 Å². The zero-order chi connectivity index (χ0) is 23.5. The molecule has 1 aliphatic heterocycles. The molecule has 5 rings (SSSR count). The summed E-state index contributed by atoms with van der Waals surface area (Å²) < 4.78 is 16.5. The molecule has 34 heavy (non-hydrogen) atoms. The zero-order valence-corrected chi connectivity index (χ0v) is 19.3. The molecule has 0 atom stereocenters. The third kappa shape index (κ3) is 4.69. The Bertz CT molecular complexity index is 1370. The van der Waals surface area contributed by atoms with Gasteiger partial charge in [-0.3, -0.25) is 4.79 Å². The highest BCUT2D eigenvalue weighted by atomic mass is 32.1. The Morgan fingerprint density at radius 1 is 1.09 bits per heavy atom. The summed E-state index contributed by atoms with van der Waals surface area (Å²) in [4.78, 5) is 31.6. The number of fused-ring (bicyclic) bond motifs is 2. The third-order valence-electron chi connectivity index (χ3n) is 5.50. The van der Waals surface area contributed by atoms with Gasteiger partial charge in [0.2, 0.25) is 0 Å². The van der Waals surface area contributed by atoms with Crippen LogP contribution in [0.3, 0.4) is 0 Å². The molecule has 2 aromatic heterocycles. The summed E-state index contributed by atoms with van der Waals surface area (Å²) in [6, 6.07) is 16.1. The molecule has 0 saturated heterocycles. The molecule has 0 radical (unpaired) electrons. The number of hydrogen-bond donors (Lipinski definition) is 2. The molecule has 2 aromatic carbocycles. The van der Waals surface area contributed by atoms with Crippen LogP contribution in [0.4, 0.5) is 10.5 Å². The summed E-state index contributed by atoms with van der Waals surface area (Å²) in [6.07, 6.45) is 0. The molecule has 8 nitrogen and oxygen atoms in total. The molecule has 0 aliphatic carbocycles. The lowest BCUT2D eigenvalue weighted by molar-refractivity contribution is 0.172. The maximum absolute atomic E-state index is 13.2. The molecule has 3 heterocycles. The number of ether oxygens (including phenoxy) is 3. The monoisotopic (exact) mass is 477 g/mol. The Morgan fingerprint density at radius 2 is 1.85 bits per heavy atom. The van der Waals surface area contributed by atoms with Gasteiger partial charge < -0.3 is 29.4 Å². The van der Waals surface area contributed by atoms with E-state index in [2.05, 4.69) is 10.3 Å². The van der Waals surface area contributed by atoms with Crippen LogP contribution >= 0.6 is 11.3 Å². The molecular weight excluding hydrogens is 454 g/mol. The predicted octanol–water partition coefficient (Wildman–Crippen LogP) is 4.60. The van der Waals surface area contributed by atoms with Crippen molar-refractivity contribution in [2.24, 2.45) is 0 Å². The van der Waals surface area contributed by atoms with E-state index in [9.17, 15) is 9.59 Å². The Morgan fingerprint density at radius 3 is 2.56 bits per heavy atom. The van der Waals surface area contributed by atoms with Crippen LogP contribution in [0.5, 0.6) is 17.2 Å². The van der Waals surface area contributed by atoms with Gasteiger partial charge in [0.15, 0.2) is 11.5 Å². The van der Waals surface area contributed by atoms with Crippen molar-refractivity contribution < 1.29 is 19.0 Å². The number of amides is 2. The van der Waals surface area contributed by atoms with Gasteiger partial charge in [0.1, 0.15) is 19.0 Å². The first-order chi connectivity index (χ1) is 16.6. The van der Waals surface area contributed by atoms with E-state index in [4.69, 9.17) is 14.2 Å². The lowest BCUT2D eigenvalue weighted by Crippen LogP contribution is -2.35. The molecule has 2 N–H and O–H groups in total. The fourth-order valence-electron chi connectivity index (χ4n) is 3.78. The maximum atomic E-state index is 13.2. The van der Waals surface area contributed by atoms with Crippen LogP contribution in [0.25, 0.3) is 10.9 Å². The molecule has 0 spiro atoms. The maximum Gasteiger partial charge on any atom is 0.322 e. The fourth-order valence-corrected chi connectivity index (χ4v) is 4.50. The van der Waals surface area contributed by atoms with Crippen LogP contribution in [0.15, 0.2) is 64.8 Å². The Labute approximate surface area is 199 Å². The van der Waals surface area contributed by atoms with Crippen LogP contribution in [-0.4, -0.2) is 36.2 Å². The van der Waals surface area contributed by atoms with E-state index < -0.39 is 0 Å². The highest BCUT2D eigenvalue weighted by Crippen LogP contribution is 2.33. The number of anilines is 1. The second kappa shape index (κ2) is 9.48. The van der Waals surface area contributed by atoms with Gasteiger partial charge in [0, 0.05) is 27.6 Å². The number of thiophene rings is 1. The first kappa shape index (κ1) is 21.8. The van der Waals surface area contributed by atoms with Gasteiger partial charge in [-0.25, -0.2) is 4.79 Å². The average Bonchev–Trinajstić information content (AvgIpc) is 3.36. The topological polar surface area (TPSA) is 92.9 Å². The molecular formula is C25H23N3O5S. The summed E-state index contributed by atoms with van der Waals surface area (Å²) in [6.45, 7) is 1.47. The van der Waals surface area contributed by atoms with Gasteiger partial charge in [-0.15, -0.1) is 11.3 Å². The molecule has 2 amide bonds. The number of pyridine rings is 1. The number of aromatic amines is 1. The number of nitrogens with one attached hydrogen (secondary N) is 2. The van der Waals surface area contributed by atoms with E-state index in [0.717, 1.165) is 10.3 Å². The van der Waals surface area contributed by atoms with Crippen LogP contribution in [0.1, 0.15) is 10.4 Å². The Hall–Kier alpha value is -3.98. The Kier molecular flexibility index (Phi) is 6.09. The van der Waals surface area contributed by atoms with Gasteiger partial charge in [-0.05, 0) is 47.8 Å². The number of hydrogen-bond acceptors (Lipinski definition) is 6. The highest BCUT2D eigenvalue weighted by molar-refractivity contribution is 7.09. The Balaban J connectivity index is 1.43. The standard InChI is InChI=1S/C25H23N3O5S/c1-31-19-6-4-18(5-7-19)26-25(30)28(15-20-3-2-10-34-20)14-17-11-16-12-22-23(33-9-8-32-22)13-21(16)27-24(17)29/h2-7,10-13H,8-9,14-15H2,1H3,(H,26,30)(H,27,29). The SMILES string of the molecule is COc1ccc(NC(=O)N(Cc2cccs2)Cc2cc3cc4c(cc3[nH]c2=O)OCCO4)cc1. The second-order valence-electron chi connectivity index (χ2n) is 7.80. The minimum Gasteiger partial charge on any atom is -0.497 e. The molecule has 0 unspecified atom stereocenters. The lowest BCUT2D eigenvalue weighted by atomic mass is 10.1. The summed E-state index contributed by atoms with van der Waals surface area (Å²) in [5.74, 6) is 1.96. The fraction of sp³-hybridized carbons (Fsp3) is 0.200. The molecule has 0 saturated carbocycles. The van der Waals surface area contributed by atoms with Crippen molar-refractivity contribution in [1.82, 2.24) is 9.88 Å². The van der Waals surface area contributed by atoms with Gasteiger partial charge in [0.25, 0.3) is 5.56 Å². The average molecular weight is 478 g/mol. The minimum absolute atomic E-state index is 0.138. The predicted molar refractivity (Wildman–Crippen MR) is 131 cm³/mol. The van der Waals surface area contributed by atoms with Crippen LogP contribution in [0.2, 0.25) is 0 Å². The summed E-state index contributed by atoms with van der Waals surface area (Å²) in [5, 5.41) is 5.68. The second-order valence-corrected chi connectivity index (χ2v) is 8.83. The third-order valence-corrected chi connectivity index (χ3v) is 6.36. The number of H-pyrrole nitrogens is 1. The largest absolute Gasteiger partial charge is 0.497 e. The van der Waals surface area contributed by atoms with E-state index in [0.29, 0.717) is 53.8 Å². The normalized spacial score (nSPS) is 12.4. The van der Waals surface area contributed by atoms with Gasteiger partial charge in [-0.1, -0.05) is 6.07 Å².